The van der Waals surface area contributed by atoms with Crippen LogP contribution in [0, 0.1) is 0 Å². The van der Waals surface area contributed by atoms with Crippen molar-refractivity contribution in [3.05, 3.63) is 170 Å². The SMILES string of the molecule is CC(C)(C)n1c2ccccc2c2c(-c3c4ccccc4c(-c4cc(-c5ccccc5)cc(-c5ccccc5)c4)c4oc5ccccc5c34)cccc21. The van der Waals surface area contributed by atoms with E-state index in [2.05, 4.69) is 195 Å². The highest BCUT2D eigenvalue weighted by Gasteiger charge is 2.27. The van der Waals surface area contributed by atoms with Gasteiger partial charge in [0.25, 0.3) is 0 Å². The fourth-order valence-corrected chi connectivity index (χ4v) is 8.53. The van der Waals surface area contributed by atoms with E-state index < -0.39 is 0 Å². The van der Waals surface area contributed by atoms with Gasteiger partial charge in [-0.2, -0.15) is 0 Å². The summed E-state index contributed by atoms with van der Waals surface area (Å²) in [5, 5.41) is 7.19. The highest BCUT2D eigenvalue weighted by Crippen LogP contribution is 2.51. The van der Waals surface area contributed by atoms with Crippen molar-refractivity contribution in [1.29, 1.82) is 0 Å². The zero-order valence-electron chi connectivity index (χ0n) is 29.5. The van der Waals surface area contributed by atoms with E-state index in [4.69, 9.17) is 4.42 Å². The molecule has 10 aromatic rings. The molecule has 0 aliphatic rings. The fraction of sp³-hybridized carbons (Fsp3) is 0.0800. The molecule has 2 nitrogen and oxygen atoms in total. The van der Waals surface area contributed by atoms with Crippen LogP contribution in [-0.4, -0.2) is 4.57 Å². The van der Waals surface area contributed by atoms with Crippen LogP contribution < -0.4 is 0 Å². The zero-order chi connectivity index (χ0) is 35.0. The van der Waals surface area contributed by atoms with Crippen molar-refractivity contribution in [2.75, 3.05) is 0 Å². The molecule has 0 fully saturated rings. The number of rotatable bonds is 4. The molecule has 248 valence electrons. The Labute approximate surface area is 303 Å². The van der Waals surface area contributed by atoms with E-state index in [9.17, 15) is 0 Å². The Bertz CT molecular complexity index is 2920. The highest BCUT2D eigenvalue weighted by molar-refractivity contribution is 6.30. The first-order valence-electron chi connectivity index (χ1n) is 18.1. The third-order valence-corrected chi connectivity index (χ3v) is 10.6. The smallest absolute Gasteiger partial charge is 0.144 e. The molecule has 2 heteroatoms. The van der Waals surface area contributed by atoms with Crippen LogP contribution in [0.4, 0.5) is 0 Å². The lowest BCUT2D eigenvalue weighted by atomic mass is 9.85. The molecule has 0 aliphatic heterocycles. The average Bonchev–Trinajstić information content (AvgIpc) is 3.74. The van der Waals surface area contributed by atoms with Crippen molar-refractivity contribution >= 4 is 54.5 Å². The lowest BCUT2D eigenvalue weighted by molar-refractivity contribution is 0.423. The van der Waals surface area contributed by atoms with Crippen molar-refractivity contribution in [3.63, 3.8) is 0 Å². The quantitative estimate of drug-likeness (QED) is 0.183. The normalized spacial score (nSPS) is 12.1. The number of benzene rings is 8. The van der Waals surface area contributed by atoms with E-state index >= 15 is 0 Å². The number of fused-ring (bicyclic) bond motifs is 7. The van der Waals surface area contributed by atoms with Gasteiger partial charge in [-0.3, -0.25) is 0 Å². The monoisotopic (exact) mass is 667 g/mol. The van der Waals surface area contributed by atoms with Gasteiger partial charge in [-0.1, -0.05) is 133 Å². The van der Waals surface area contributed by atoms with Gasteiger partial charge in [0, 0.05) is 43.7 Å². The summed E-state index contributed by atoms with van der Waals surface area (Å²) in [6.07, 6.45) is 0. The molecule has 0 unspecified atom stereocenters. The summed E-state index contributed by atoms with van der Waals surface area (Å²) in [7, 11) is 0. The second-order valence-corrected chi connectivity index (χ2v) is 14.9. The molecule has 0 saturated carbocycles. The van der Waals surface area contributed by atoms with Crippen LogP contribution >= 0.6 is 0 Å². The van der Waals surface area contributed by atoms with Crippen molar-refractivity contribution in [2.24, 2.45) is 0 Å². The number of hydrogen-bond donors (Lipinski definition) is 0. The second kappa shape index (κ2) is 11.6. The van der Waals surface area contributed by atoms with E-state index in [1.165, 1.54) is 66.0 Å². The molecule has 0 amide bonds. The van der Waals surface area contributed by atoms with Crippen molar-refractivity contribution in [1.82, 2.24) is 4.57 Å². The van der Waals surface area contributed by atoms with Gasteiger partial charge >= 0.3 is 0 Å². The molecule has 2 heterocycles. The zero-order valence-corrected chi connectivity index (χ0v) is 29.5. The van der Waals surface area contributed by atoms with E-state index in [1.54, 1.807) is 0 Å². The van der Waals surface area contributed by atoms with Crippen LogP contribution in [0.3, 0.4) is 0 Å². The van der Waals surface area contributed by atoms with E-state index in [0.717, 1.165) is 33.1 Å². The molecule has 10 rings (SSSR count). The highest BCUT2D eigenvalue weighted by atomic mass is 16.3. The van der Waals surface area contributed by atoms with Gasteiger partial charge in [0.05, 0.1) is 5.52 Å². The van der Waals surface area contributed by atoms with Crippen molar-refractivity contribution in [3.8, 4) is 44.5 Å². The summed E-state index contributed by atoms with van der Waals surface area (Å²) < 4.78 is 9.56. The molecule has 0 bridgehead atoms. The summed E-state index contributed by atoms with van der Waals surface area (Å²) in [6, 6.07) is 61.5. The maximum Gasteiger partial charge on any atom is 0.144 e. The summed E-state index contributed by atoms with van der Waals surface area (Å²) in [4.78, 5) is 0. The van der Waals surface area contributed by atoms with Gasteiger partial charge in [-0.05, 0) is 101 Å². The first-order chi connectivity index (χ1) is 25.5. The summed E-state index contributed by atoms with van der Waals surface area (Å²) in [6.45, 7) is 6.89. The van der Waals surface area contributed by atoms with Crippen LogP contribution in [0.1, 0.15) is 20.8 Å². The van der Waals surface area contributed by atoms with Crippen LogP contribution in [0.2, 0.25) is 0 Å². The Hall–Kier alpha value is -6.38. The van der Waals surface area contributed by atoms with Gasteiger partial charge in [-0.25, -0.2) is 0 Å². The van der Waals surface area contributed by atoms with Crippen LogP contribution in [0.5, 0.6) is 0 Å². The minimum absolute atomic E-state index is 0.107. The molecule has 2 aromatic heterocycles. The molecule has 0 N–H and O–H groups in total. The maximum atomic E-state index is 7.05. The predicted octanol–water partition coefficient (Wildman–Crippen LogP) is 14.3. The summed E-state index contributed by atoms with van der Waals surface area (Å²) in [5.41, 5.74) is 13.6. The van der Waals surface area contributed by atoms with Crippen LogP contribution in [0.15, 0.2) is 174 Å². The summed E-state index contributed by atoms with van der Waals surface area (Å²) >= 11 is 0. The van der Waals surface area contributed by atoms with Gasteiger partial charge in [0.1, 0.15) is 11.2 Å². The lowest BCUT2D eigenvalue weighted by Gasteiger charge is -2.24. The Balaban J connectivity index is 1.38. The first kappa shape index (κ1) is 30.4. The fourth-order valence-electron chi connectivity index (χ4n) is 8.53. The largest absolute Gasteiger partial charge is 0.455 e. The van der Waals surface area contributed by atoms with E-state index in [-0.39, 0.29) is 5.54 Å². The van der Waals surface area contributed by atoms with Crippen molar-refractivity contribution in [2.45, 2.75) is 26.3 Å². The number of nitrogens with zero attached hydrogens (tertiary/aromatic N) is 1. The van der Waals surface area contributed by atoms with Gasteiger partial charge in [0.2, 0.25) is 0 Å². The number of hydrogen-bond acceptors (Lipinski definition) is 1. The Kier molecular flexibility index (Phi) is 6.78. The molecule has 0 aliphatic carbocycles. The van der Waals surface area contributed by atoms with Gasteiger partial charge in [-0.15, -0.1) is 0 Å². The number of furan rings is 1. The van der Waals surface area contributed by atoms with E-state index in [0.29, 0.717) is 0 Å². The van der Waals surface area contributed by atoms with Crippen LogP contribution in [0.25, 0.3) is 99.0 Å². The molecule has 52 heavy (non-hydrogen) atoms. The van der Waals surface area contributed by atoms with Crippen molar-refractivity contribution < 1.29 is 4.42 Å². The topological polar surface area (TPSA) is 18.1 Å². The Morgan fingerprint density at radius 3 is 1.58 bits per heavy atom. The van der Waals surface area contributed by atoms with E-state index in [1.807, 2.05) is 0 Å². The van der Waals surface area contributed by atoms with Gasteiger partial charge in [0.15, 0.2) is 0 Å². The number of para-hydroxylation sites is 2. The molecule has 0 saturated heterocycles. The molecule has 0 atom stereocenters. The first-order valence-corrected chi connectivity index (χ1v) is 18.1. The summed E-state index contributed by atoms with van der Waals surface area (Å²) in [5.74, 6) is 0. The molecular weight excluding hydrogens is 631 g/mol. The molecule has 0 spiro atoms. The predicted molar refractivity (Wildman–Crippen MR) is 221 cm³/mol. The third-order valence-electron chi connectivity index (χ3n) is 10.6. The Morgan fingerprint density at radius 2 is 0.923 bits per heavy atom. The molecular formula is C50H37NO. The lowest BCUT2D eigenvalue weighted by Crippen LogP contribution is -2.21. The standard InChI is InChI=1S/C50H37NO/c1-50(2,3)51-42-26-14-12-23-39(42)46-41(25-16-27-43(46)51)47-38-22-11-10-21-37(38)45(49-48(47)40-24-13-15-28-44(40)52-49)36-30-34(32-17-6-4-7-18-32)29-35(31-36)33-19-8-5-9-20-33/h4-31H,1-3H3. The second-order valence-electron chi connectivity index (χ2n) is 14.9. The third kappa shape index (κ3) is 4.64. The van der Waals surface area contributed by atoms with Gasteiger partial charge < -0.3 is 8.98 Å². The minimum Gasteiger partial charge on any atom is -0.455 e. The minimum atomic E-state index is -0.107. The number of aromatic nitrogens is 1. The molecule has 8 aromatic carbocycles. The molecule has 0 radical (unpaired) electrons. The van der Waals surface area contributed by atoms with Crippen LogP contribution in [-0.2, 0) is 5.54 Å². The Morgan fingerprint density at radius 1 is 0.404 bits per heavy atom. The maximum absolute atomic E-state index is 7.05. The average molecular weight is 668 g/mol.